The van der Waals surface area contributed by atoms with Gasteiger partial charge in [-0.15, -0.1) is 0 Å². The molecule has 3 nitrogen and oxygen atoms in total. The minimum Gasteiger partial charge on any atom is -0.329 e. The van der Waals surface area contributed by atoms with Crippen LogP contribution in [0.25, 0.3) is 0 Å². The summed E-state index contributed by atoms with van der Waals surface area (Å²) in [7, 11) is 0. The predicted molar refractivity (Wildman–Crippen MR) is 36.3 cm³/mol. The van der Waals surface area contributed by atoms with E-state index in [0.29, 0.717) is 11.6 Å². The van der Waals surface area contributed by atoms with Crippen molar-refractivity contribution in [2.75, 3.05) is 6.54 Å². The van der Waals surface area contributed by atoms with Crippen molar-refractivity contribution in [1.29, 1.82) is 0 Å². The van der Waals surface area contributed by atoms with Crippen LogP contribution in [0, 0.1) is 0 Å². The Morgan fingerprint density at radius 3 is 3.00 bits per heavy atom. The molecule has 0 aliphatic heterocycles. The molecule has 0 saturated carbocycles. The van der Waals surface area contributed by atoms with Crippen molar-refractivity contribution in [2.45, 2.75) is 6.54 Å². The fourth-order valence-electron chi connectivity index (χ4n) is 0.593. The van der Waals surface area contributed by atoms with Gasteiger partial charge in [0.25, 0.3) is 0 Å². The zero-order valence-electron chi connectivity index (χ0n) is 4.92. The van der Waals surface area contributed by atoms with Crippen LogP contribution in [0.5, 0.6) is 0 Å². The molecule has 0 aliphatic rings. The van der Waals surface area contributed by atoms with E-state index in [-0.39, 0.29) is 0 Å². The summed E-state index contributed by atoms with van der Waals surface area (Å²) in [4.78, 5) is 0. The third-order valence-electron chi connectivity index (χ3n) is 0.960. The van der Waals surface area contributed by atoms with Crippen molar-refractivity contribution in [1.82, 2.24) is 9.78 Å². The van der Waals surface area contributed by atoms with Crippen LogP contribution in [0.1, 0.15) is 0 Å². The molecule has 0 aliphatic carbocycles. The van der Waals surface area contributed by atoms with Gasteiger partial charge in [0.1, 0.15) is 0 Å². The lowest BCUT2D eigenvalue weighted by molar-refractivity contribution is 0.625. The minimum atomic E-state index is 0.595. The topological polar surface area (TPSA) is 43.8 Å². The third-order valence-corrected chi connectivity index (χ3v) is 1.16. The van der Waals surface area contributed by atoms with Gasteiger partial charge < -0.3 is 5.73 Å². The molecule has 0 bridgehead atoms. The van der Waals surface area contributed by atoms with Gasteiger partial charge in [-0.3, -0.25) is 4.68 Å². The van der Waals surface area contributed by atoms with Crippen LogP contribution in [-0.2, 0) is 6.54 Å². The van der Waals surface area contributed by atoms with Gasteiger partial charge in [-0.2, -0.15) is 5.10 Å². The van der Waals surface area contributed by atoms with Gasteiger partial charge in [0, 0.05) is 12.7 Å². The molecule has 9 heavy (non-hydrogen) atoms. The number of nitrogens with two attached hydrogens (primary N) is 1. The van der Waals surface area contributed by atoms with Crippen molar-refractivity contribution in [3.05, 3.63) is 17.4 Å². The summed E-state index contributed by atoms with van der Waals surface area (Å²) in [6, 6.07) is 0. The normalized spacial score (nSPS) is 10.0. The first-order valence-corrected chi connectivity index (χ1v) is 3.09. The highest BCUT2D eigenvalue weighted by molar-refractivity contribution is 6.30. The van der Waals surface area contributed by atoms with E-state index in [9.17, 15) is 0 Å². The average Bonchev–Trinajstić information content (AvgIpc) is 2.17. The standard InChI is InChI=1S/C5H8ClN3/c6-5-3-8-9(4-5)2-1-7/h3-4H,1-2,7H2. The monoisotopic (exact) mass is 145 g/mol. The van der Waals surface area contributed by atoms with Crippen LogP contribution in [0.2, 0.25) is 5.02 Å². The number of hydrogen-bond donors (Lipinski definition) is 1. The zero-order valence-corrected chi connectivity index (χ0v) is 5.67. The highest BCUT2D eigenvalue weighted by Crippen LogP contribution is 2.03. The molecule has 1 heterocycles. The molecule has 0 saturated heterocycles. The number of hydrogen-bond acceptors (Lipinski definition) is 2. The minimum absolute atomic E-state index is 0.595. The summed E-state index contributed by atoms with van der Waals surface area (Å²) in [5.74, 6) is 0. The molecule has 0 amide bonds. The highest BCUT2D eigenvalue weighted by atomic mass is 35.5. The van der Waals surface area contributed by atoms with Gasteiger partial charge in [-0.05, 0) is 0 Å². The van der Waals surface area contributed by atoms with E-state index in [1.54, 1.807) is 17.1 Å². The molecule has 0 aromatic carbocycles. The third kappa shape index (κ3) is 1.69. The van der Waals surface area contributed by atoms with E-state index in [1.165, 1.54) is 0 Å². The Kier molecular flexibility index (Phi) is 2.08. The Labute approximate surface area is 58.4 Å². The molecule has 0 fully saturated rings. The fourth-order valence-corrected chi connectivity index (χ4v) is 0.749. The van der Waals surface area contributed by atoms with Crippen LogP contribution in [0.15, 0.2) is 12.4 Å². The smallest absolute Gasteiger partial charge is 0.0785 e. The second-order valence-electron chi connectivity index (χ2n) is 1.71. The molecule has 1 aromatic rings. The number of nitrogens with zero attached hydrogens (tertiary/aromatic N) is 2. The number of halogens is 1. The maximum atomic E-state index is 5.57. The van der Waals surface area contributed by atoms with Crippen molar-refractivity contribution < 1.29 is 0 Å². The maximum absolute atomic E-state index is 5.57. The molecular weight excluding hydrogens is 138 g/mol. The Balaban J connectivity index is 2.61. The highest BCUT2D eigenvalue weighted by Gasteiger charge is 1.90. The Morgan fingerprint density at radius 1 is 1.78 bits per heavy atom. The maximum Gasteiger partial charge on any atom is 0.0785 e. The van der Waals surface area contributed by atoms with Gasteiger partial charge in [0.15, 0.2) is 0 Å². The van der Waals surface area contributed by atoms with Crippen molar-refractivity contribution in [2.24, 2.45) is 5.73 Å². The predicted octanol–water partition coefficient (Wildman–Crippen LogP) is 0.495. The lowest BCUT2D eigenvalue weighted by Gasteiger charge is -1.93. The summed E-state index contributed by atoms with van der Waals surface area (Å²) < 4.78 is 1.71. The largest absolute Gasteiger partial charge is 0.329 e. The second-order valence-corrected chi connectivity index (χ2v) is 2.15. The van der Waals surface area contributed by atoms with Gasteiger partial charge in [0.2, 0.25) is 0 Å². The summed E-state index contributed by atoms with van der Waals surface area (Å²) in [6.07, 6.45) is 3.34. The Bertz CT molecular complexity index is 184. The summed E-state index contributed by atoms with van der Waals surface area (Å²) in [5, 5.41) is 4.57. The molecule has 50 valence electrons. The Hall–Kier alpha value is -0.540. The van der Waals surface area contributed by atoms with E-state index in [0.717, 1.165) is 6.54 Å². The van der Waals surface area contributed by atoms with E-state index in [1.807, 2.05) is 0 Å². The molecule has 0 radical (unpaired) electrons. The van der Waals surface area contributed by atoms with Crippen molar-refractivity contribution >= 4 is 11.6 Å². The first-order chi connectivity index (χ1) is 4.33. The first-order valence-electron chi connectivity index (χ1n) is 2.71. The van der Waals surface area contributed by atoms with E-state index in [4.69, 9.17) is 17.3 Å². The summed E-state index contributed by atoms with van der Waals surface area (Å²) >= 11 is 5.57. The van der Waals surface area contributed by atoms with E-state index < -0.39 is 0 Å². The van der Waals surface area contributed by atoms with Crippen LogP contribution in [-0.4, -0.2) is 16.3 Å². The SMILES string of the molecule is NCCn1cc(Cl)cn1. The lowest BCUT2D eigenvalue weighted by Crippen LogP contribution is -2.09. The van der Waals surface area contributed by atoms with Gasteiger partial charge in [-0.1, -0.05) is 11.6 Å². The quantitative estimate of drug-likeness (QED) is 0.659. The molecule has 0 atom stereocenters. The van der Waals surface area contributed by atoms with Crippen LogP contribution >= 0.6 is 11.6 Å². The zero-order chi connectivity index (χ0) is 6.69. The molecule has 0 unspecified atom stereocenters. The van der Waals surface area contributed by atoms with Gasteiger partial charge in [-0.25, -0.2) is 0 Å². The van der Waals surface area contributed by atoms with Gasteiger partial charge in [0.05, 0.1) is 17.8 Å². The number of rotatable bonds is 2. The molecule has 1 rings (SSSR count). The summed E-state index contributed by atoms with van der Waals surface area (Å²) in [6.45, 7) is 1.32. The van der Waals surface area contributed by atoms with Crippen LogP contribution in [0.3, 0.4) is 0 Å². The second kappa shape index (κ2) is 2.85. The van der Waals surface area contributed by atoms with E-state index in [2.05, 4.69) is 5.10 Å². The molecule has 2 N–H and O–H groups in total. The first kappa shape index (κ1) is 6.58. The van der Waals surface area contributed by atoms with E-state index >= 15 is 0 Å². The molecular formula is C5H8ClN3. The Morgan fingerprint density at radius 2 is 2.56 bits per heavy atom. The van der Waals surface area contributed by atoms with Crippen LogP contribution < -0.4 is 5.73 Å². The van der Waals surface area contributed by atoms with Crippen LogP contribution in [0.4, 0.5) is 0 Å². The summed E-state index contributed by atoms with van der Waals surface area (Å²) in [5.41, 5.74) is 5.27. The number of aromatic nitrogens is 2. The van der Waals surface area contributed by atoms with Gasteiger partial charge >= 0.3 is 0 Å². The fraction of sp³-hybridized carbons (Fsp3) is 0.400. The van der Waals surface area contributed by atoms with Crippen molar-refractivity contribution in [3.63, 3.8) is 0 Å². The lowest BCUT2D eigenvalue weighted by atomic mass is 10.6. The molecule has 0 spiro atoms. The molecule has 4 heteroatoms. The average molecular weight is 146 g/mol. The molecule has 1 aromatic heterocycles. The van der Waals surface area contributed by atoms with Crippen molar-refractivity contribution in [3.8, 4) is 0 Å².